The summed E-state index contributed by atoms with van der Waals surface area (Å²) in [7, 11) is -3.50. The highest BCUT2D eigenvalue weighted by molar-refractivity contribution is 7.91. The highest BCUT2D eigenvalue weighted by Gasteiger charge is 2.33. The third-order valence-corrected chi connectivity index (χ3v) is 9.52. The Morgan fingerprint density at radius 3 is 2.81 bits per heavy atom. The molecule has 0 aliphatic carbocycles. The fourth-order valence-electron chi connectivity index (χ4n) is 3.71. The van der Waals surface area contributed by atoms with E-state index in [9.17, 15) is 13.2 Å². The van der Waals surface area contributed by atoms with Gasteiger partial charge in [0.15, 0.2) is 0 Å². The van der Waals surface area contributed by atoms with Gasteiger partial charge in [0.05, 0.1) is 10.8 Å². The van der Waals surface area contributed by atoms with Gasteiger partial charge in [0.25, 0.3) is 10.0 Å². The summed E-state index contributed by atoms with van der Waals surface area (Å²) in [4.78, 5) is 18.0. The van der Waals surface area contributed by atoms with E-state index in [2.05, 4.69) is 15.5 Å². The van der Waals surface area contributed by atoms with E-state index in [-0.39, 0.29) is 18.4 Å². The predicted molar refractivity (Wildman–Crippen MR) is 124 cm³/mol. The molecule has 1 aliphatic heterocycles. The zero-order chi connectivity index (χ0) is 22.4. The molecule has 1 atom stereocenters. The van der Waals surface area contributed by atoms with Crippen LogP contribution in [0.3, 0.4) is 0 Å². The molecule has 0 radical (unpaired) electrons. The van der Waals surface area contributed by atoms with E-state index in [1.54, 1.807) is 28.8 Å². The molecule has 32 heavy (non-hydrogen) atoms. The molecule has 1 amide bonds. The second kappa shape index (κ2) is 10.7. The number of unbranched alkanes of at least 4 members (excludes halogenated alkanes) is 2. The molecule has 3 aromatic rings. The molecule has 172 valence electrons. The van der Waals surface area contributed by atoms with E-state index in [1.807, 2.05) is 17.5 Å². The lowest BCUT2D eigenvalue weighted by Crippen LogP contribution is -2.45. The molecular formula is C21H26N4O4S3. The Morgan fingerprint density at radius 1 is 1.19 bits per heavy atom. The van der Waals surface area contributed by atoms with E-state index < -0.39 is 10.0 Å². The van der Waals surface area contributed by atoms with Crippen molar-refractivity contribution in [2.75, 3.05) is 19.6 Å². The number of amides is 1. The van der Waals surface area contributed by atoms with Gasteiger partial charge in [-0.05, 0) is 48.6 Å². The first-order valence-electron chi connectivity index (χ1n) is 10.7. The minimum atomic E-state index is -3.50. The first kappa shape index (κ1) is 23.1. The summed E-state index contributed by atoms with van der Waals surface area (Å²) < 4.78 is 32.5. The predicted octanol–water partition coefficient (Wildman–Crippen LogP) is 3.79. The van der Waals surface area contributed by atoms with Crippen molar-refractivity contribution in [3.05, 3.63) is 40.9 Å². The van der Waals surface area contributed by atoms with Gasteiger partial charge in [-0.1, -0.05) is 23.7 Å². The average molecular weight is 495 g/mol. The number of aromatic nitrogens is 2. The Hall–Kier alpha value is -2.08. The number of hydrogen-bond donors (Lipinski definition) is 1. The van der Waals surface area contributed by atoms with Crippen LogP contribution in [-0.4, -0.2) is 48.4 Å². The van der Waals surface area contributed by atoms with Crippen LogP contribution >= 0.6 is 22.7 Å². The number of nitrogens with zero attached hydrogens (tertiary/aromatic N) is 3. The Balaban J connectivity index is 1.15. The molecule has 11 heteroatoms. The summed E-state index contributed by atoms with van der Waals surface area (Å²) in [5.41, 5.74) is 0. The minimum absolute atomic E-state index is 0.0615. The normalized spacial score (nSPS) is 17.4. The molecule has 1 fully saturated rings. The number of rotatable bonds is 10. The van der Waals surface area contributed by atoms with Crippen LogP contribution in [0.1, 0.15) is 38.0 Å². The Morgan fingerprint density at radius 2 is 2.03 bits per heavy atom. The van der Waals surface area contributed by atoms with Gasteiger partial charge in [0.2, 0.25) is 17.6 Å². The number of carbonyl (C=O) groups excluding carboxylic acids is 1. The van der Waals surface area contributed by atoms with E-state index in [0.717, 1.165) is 24.1 Å². The van der Waals surface area contributed by atoms with Crippen LogP contribution in [0, 0.1) is 5.92 Å². The highest BCUT2D eigenvalue weighted by Crippen LogP contribution is 2.26. The van der Waals surface area contributed by atoms with Crippen LogP contribution in [-0.2, 0) is 21.2 Å². The molecule has 1 N–H and O–H groups in total. The van der Waals surface area contributed by atoms with Crippen molar-refractivity contribution in [1.82, 2.24) is 19.8 Å². The smallest absolute Gasteiger partial charge is 0.252 e. The maximum atomic E-state index is 12.7. The zero-order valence-corrected chi connectivity index (χ0v) is 20.1. The summed E-state index contributed by atoms with van der Waals surface area (Å²) in [6.45, 7) is 1.29. The number of sulfonamides is 1. The lowest BCUT2D eigenvalue weighted by molar-refractivity contribution is -0.126. The fraction of sp³-hybridized carbons (Fsp3) is 0.476. The van der Waals surface area contributed by atoms with Gasteiger partial charge < -0.3 is 9.84 Å². The van der Waals surface area contributed by atoms with E-state index in [0.29, 0.717) is 48.3 Å². The fourth-order valence-corrected chi connectivity index (χ4v) is 7.03. The van der Waals surface area contributed by atoms with E-state index >= 15 is 0 Å². The van der Waals surface area contributed by atoms with Gasteiger partial charge in [0.1, 0.15) is 4.21 Å². The van der Waals surface area contributed by atoms with Crippen LogP contribution < -0.4 is 5.32 Å². The van der Waals surface area contributed by atoms with Crippen molar-refractivity contribution in [2.24, 2.45) is 5.92 Å². The molecule has 0 saturated carbocycles. The van der Waals surface area contributed by atoms with Gasteiger partial charge in [-0.3, -0.25) is 4.79 Å². The lowest BCUT2D eigenvalue weighted by atomic mass is 9.99. The highest BCUT2D eigenvalue weighted by atomic mass is 32.2. The third kappa shape index (κ3) is 5.64. The summed E-state index contributed by atoms with van der Waals surface area (Å²) in [6.07, 6.45) is 4.80. The number of hydrogen-bond acceptors (Lipinski definition) is 8. The number of nitrogens with one attached hydrogen (secondary N) is 1. The topological polar surface area (TPSA) is 105 Å². The maximum Gasteiger partial charge on any atom is 0.252 e. The van der Waals surface area contributed by atoms with Crippen molar-refractivity contribution in [3.8, 4) is 10.7 Å². The molecule has 4 heterocycles. The van der Waals surface area contributed by atoms with Crippen LogP contribution in [0.25, 0.3) is 10.7 Å². The quantitative estimate of drug-likeness (QED) is 0.430. The maximum absolute atomic E-state index is 12.7. The Labute approximate surface area is 195 Å². The zero-order valence-electron chi connectivity index (χ0n) is 17.6. The van der Waals surface area contributed by atoms with Crippen LogP contribution in [0.4, 0.5) is 0 Å². The van der Waals surface area contributed by atoms with Gasteiger partial charge in [-0.15, -0.1) is 22.7 Å². The van der Waals surface area contributed by atoms with E-state index in [1.165, 1.54) is 15.6 Å². The van der Waals surface area contributed by atoms with Crippen molar-refractivity contribution in [2.45, 2.75) is 42.7 Å². The van der Waals surface area contributed by atoms with Gasteiger partial charge >= 0.3 is 0 Å². The summed E-state index contributed by atoms with van der Waals surface area (Å²) in [6, 6.07) is 7.26. The van der Waals surface area contributed by atoms with Crippen LogP contribution in [0.15, 0.2) is 43.8 Å². The average Bonchev–Trinajstić information content (AvgIpc) is 3.57. The summed E-state index contributed by atoms with van der Waals surface area (Å²) in [5.74, 6) is 0.901. The molecule has 0 spiro atoms. The Kier molecular flexibility index (Phi) is 7.71. The molecule has 8 nitrogen and oxygen atoms in total. The van der Waals surface area contributed by atoms with Crippen molar-refractivity contribution in [3.63, 3.8) is 0 Å². The summed E-state index contributed by atoms with van der Waals surface area (Å²) in [5, 5.41) is 10.7. The van der Waals surface area contributed by atoms with Crippen LogP contribution in [0.2, 0.25) is 0 Å². The number of carbonyl (C=O) groups is 1. The minimum Gasteiger partial charge on any atom is -0.356 e. The van der Waals surface area contributed by atoms with Gasteiger partial charge in [-0.25, -0.2) is 8.42 Å². The number of thiophene rings is 2. The monoisotopic (exact) mass is 494 g/mol. The third-order valence-electron chi connectivity index (χ3n) is 5.42. The van der Waals surface area contributed by atoms with Gasteiger partial charge in [-0.2, -0.15) is 9.29 Å². The first-order valence-corrected chi connectivity index (χ1v) is 13.9. The largest absolute Gasteiger partial charge is 0.356 e. The van der Waals surface area contributed by atoms with Gasteiger partial charge in [0, 0.05) is 26.1 Å². The SMILES string of the molecule is O=C(NCCCCCc1nc(-c2cccs2)no1)C1CCCN(S(=O)(=O)c2cccs2)C1. The van der Waals surface area contributed by atoms with E-state index in [4.69, 9.17) is 4.52 Å². The first-order chi connectivity index (χ1) is 15.5. The molecule has 1 aliphatic rings. The molecule has 0 bridgehead atoms. The van der Waals surface area contributed by atoms with Crippen LogP contribution in [0.5, 0.6) is 0 Å². The molecule has 3 aromatic heterocycles. The molecule has 1 unspecified atom stereocenters. The number of aryl methyl sites for hydroxylation is 1. The summed E-state index contributed by atoms with van der Waals surface area (Å²) >= 11 is 2.79. The van der Waals surface area contributed by atoms with Crippen molar-refractivity contribution in [1.29, 1.82) is 0 Å². The molecule has 0 aromatic carbocycles. The number of piperidine rings is 1. The Bertz CT molecular complexity index is 1090. The van der Waals surface area contributed by atoms with Crippen molar-refractivity contribution < 1.29 is 17.7 Å². The lowest BCUT2D eigenvalue weighted by Gasteiger charge is -2.30. The molecule has 4 rings (SSSR count). The molecular weight excluding hydrogens is 468 g/mol. The molecule has 1 saturated heterocycles. The second-order valence-corrected chi connectivity index (χ2v) is 11.8. The van der Waals surface area contributed by atoms with Crippen molar-refractivity contribution >= 4 is 38.6 Å². The standard InChI is InChI=1S/C21H26N4O4S3/c26-21(16-7-4-12-25(15-16)32(27,28)19-10-6-14-31-19)22-11-3-1-2-9-18-23-20(24-29-18)17-8-5-13-30-17/h5-6,8,10,13-14,16H,1-4,7,9,11-12,15H2,(H,22,26). The second-order valence-electron chi connectivity index (χ2n) is 7.73.